The summed E-state index contributed by atoms with van der Waals surface area (Å²) in [5, 5.41) is 7.04. The maximum Gasteiger partial charge on any atom is 0.231 e. The molecule has 146 valence electrons. The van der Waals surface area contributed by atoms with Crippen LogP contribution in [0.4, 0.5) is 11.4 Å². The fourth-order valence-corrected chi connectivity index (χ4v) is 3.49. The molecule has 0 aliphatic rings. The molecule has 0 saturated heterocycles. The van der Waals surface area contributed by atoms with Crippen LogP contribution < -0.4 is 14.9 Å². The number of nitrogens with one attached hydrogen (secondary N) is 2. The van der Waals surface area contributed by atoms with Crippen molar-refractivity contribution >= 4 is 38.7 Å². The van der Waals surface area contributed by atoms with Crippen LogP contribution in [0.2, 0.25) is 0 Å². The lowest BCUT2D eigenvalue weighted by molar-refractivity contribution is 0.481. The minimum atomic E-state index is -3.31. The summed E-state index contributed by atoms with van der Waals surface area (Å²) in [6, 6.07) is 17.5. The van der Waals surface area contributed by atoms with Gasteiger partial charge in [0.2, 0.25) is 10.0 Å². The van der Waals surface area contributed by atoms with Crippen molar-refractivity contribution in [3.05, 3.63) is 60.2 Å². The molecule has 0 saturated carbocycles. The van der Waals surface area contributed by atoms with Gasteiger partial charge in [0.1, 0.15) is 0 Å². The second kappa shape index (κ2) is 9.19. The Morgan fingerprint density at radius 2 is 1.78 bits per heavy atom. The van der Waals surface area contributed by atoms with Crippen molar-refractivity contribution in [2.75, 3.05) is 22.9 Å². The second-order valence-electron chi connectivity index (χ2n) is 6.97. The monoisotopic (exact) mass is 405 g/mol. The third-order valence-corrected chi connectivity index (χ3v) is 5.61. The molecule has 2 rings (SSSR count). The number of hydrogen-bond donors (Lipinski definition) is 2. The number of nitrogens with zero attached hydrogens (tertiary/aromatic N) is 1. The van der Waals surface area contributed by atoms with Crippen LogP contribution >= 0.6 is 12.2 Å². The Hall–Kier alpha value is -2.12. The lowest BCUT2D eigenvalue weighted by Gasteiger charge is -2.23. The van der Waals surface area contributed by atoms with E-state index in [1.54, 1.807) is 18.2 Å². The molecule has 1 atom stereocenters. The third-order valence-electron chi connectivity index (χ3n) is 4.18. The van der Waals surface area contributed by atoms with Gasteiger partial charge in [-0.25, -0.2) is 8.42 Å². The first-order valence-corrected chi connectivity index (χ1v) is 11.1. The second-order valence-corrected chi connectivity index (χ2v) is 9.39. The smallest absolute Gasteiger partial charge is 0.231 e. The van der Waals surface area contributed by atoms with Gasteiger partial charge in [-0.3, -0.25) is 4.31 Å². The van der Waals surface area contributed by atoms with Crippen LogP contribution in [0.5, 0.6) is 0 Å². The van der Waals surface area contributed by atoms with Gasteiger partial charge in [-0.15, -0.1) is 0 Å². The Bertz CT molecular complexity index is 868. The summed E-state index contributed by atoms with van der Waals surface area (Å²) in [6.07, 6.45) is 2.12. The molecule has 0 amide bonds. The molecule has 0 aliphatic heterocycles. The molecule has 2 aromatic rings. The van der Waals surface area contributed by atoms with Crippen molar-refractivity contribution in [1.29, 1.82) is 0 Å². The van der Waals surface area contributed by atoms with Gasteiger partial charge < -0.3 is 10.6 Å². The third kappa shape index (κ3) is 6.52. The molecule has 2 N–H and O–H groups in total. The summed E-state index contributed by atoms with van der Waals surface area (Å²) < 4.78 is 24.7. The average Bonchev–Trinajstić information content (AvgIpc) is 2.60. The highest BCUT2D eigenvalue weighted by Crippen LogP contribution is 2.23. The van der Waals surface area contributed by atoms with Crippen molar-refractivity contribution < 1.29 is 8.42 Å². The van der Waals surface area contributed by atoms with Crippen LogP contribution in [0.3, 0.4) is 0 Å². The highest BCUT2D eigenvalue weighted by molar-refractivity contribution is 7.92. The van der Waals surface area contributed by atoms with Crippen molar-refractivity contribution in [1.82, 2.24) is 5.32 Å². The Morgan fingerprint density at radius 3 is 2.37 bits per heavy atom. The molecule has 2 aromatic carbocycles. The first-order chi connectivity index (χ1) is 12.7. The Kier molecular flexibility index (Phi) is 7.21. The summed E-state index contributed by atoms with van der Waals surface area (Å²) in [4.78, 5) is 0. The van der Waals surface area contributed by atoms with Crippen LogP contribution in [-0.2, 0) is 10.0 Å². The molecule has 0 unspecified atom stereocenters. The van der Waals surface area contributed by atoms with Crippen LogP contribution in [0.15, 0.2) is 54.6 Å². The molecular weight excluding hydrogens is 378 g/mol. The largest absolute Gasteiger partial charge is 0.356 e. The Balaban J connectivity index is 2.11. The molecule has 0 bridgehead atoms. The van der Waals surface area contributed by atoms with E-state index in [2.05, 4.69) is 36.6 Å². The predicted molar refractivity (Wildman–Crippen MR) is 118 cm³/mol. The summed E-state index contributed by atoms with van der Waals surface area (Å²) >= 11 is 5.49. The van der Waals surface area contributed by atoms with Crippen molar-refractivity contribution in [2.45, 2.75) is 26.3 Å². The van der Waals surface area contributed by atoms with Crippen molar-refractivity contribution in [3.63, 3.8) is 0 Å². The summed E-state index contributed by atoms with van der Waals surface area (Å²) in [5.74, 6) is 0.511. The van der Waals surface area contributed by atoms with Gasteiger partial charge in [-0.05, 0) is 48.3 Å². The zero-order valence-electron chi connectivity index (χ0n) is 16.1. The van der Waals surface area contributed by atoms with Gasteiger partial charge >= 0.3 is 0 Å². The molecule has 7 heteroatoms. The van der Waals surface area contributed by atoms with Gasteiger partial charge in [0.05, 0.1) is 18.0 Å². The number of rotatable bonds is 7. The molecule has 0 fully saturated rings. The van der Waals surface area contributed by atoms with E-state index in [9.17, 15) is 8.42 Å². The summed E-state index contributed by atoms with van der Waals surface area (Å²) in [6.45, 7) is 4.36. The van der Waals surface area contributed by atoms with Crippen molar-refractivity contribution in [3.8, 4) is 0 Å². The van der Waals surface area contributed by atoms with Crippen LogP contribution in [0, 0.1) is 5.92 Å². The fraction of sp³-hybridized carbons (Fsp3) is 0.350. The normalized spacial score (nSPS) is 12.5. The van der Waals surface area contributed by atoms with Crippen molar-refractivity contribution in [2.24, 2.45) is 5.92 Å². The zero-order valence-corrected chi connectivity index (χ0v) is 17.8. The molecule has 0 heterocycles. The molecule has 0 aliphatic carbocycles. The minimum absolute atomic E-state index is 0.105. The van der Waals surface area contributed by atoms with E-state index in [1.807, 2.05) is 24.3 Å². The van der Waals surface area contributed by atoms with E-state index in [0.29, 0.717) is 16.7 Å². The first kappa shape index (κ1) is 21.2. The van der Waals surface area contributed by atoms with Crippen LogP contribution in [0.1, 0.15) is 31.9 Å². The highest BCUT2D eigenvalue weighted by atomic mass is 32.2. The quantitative estimate of drug-likeness (QED) is 0.678. The van der Waals surface area contributed by atoms with Gasteiger partial charge in [0.25, 0.3) is 0 Å². The predicted octanol–water partition coefficient (Wildman–Crippen LogP) is 4.16. The van der Waals surface area contributed by atoms with E-state index in [-0.39, 0.29) is 6.04 Å². The van der Waals surface area contributed by atoms with E-state index in [4.69, 9.17) is 12.2 Å². The lowest BCUT2D eigenvalue weighted by Crippen LogP contribution is -2.33. The van der Waals surface area contributed by atoms with E-state index in [0.717, 1.165) is 12.1 Å². The molecule has 5 nitrogen and oxygen atoms in total. The SMILES string of the molecule is CC(C)C[C@@H](NC(=S)Nc1cccc(N(C)S(C)(=O)=O)c1)c1ccccc1. The zero-order chi connectivity index (χ0) is 20.0. The molecule has 0 spiro atoms. The van der Waals surface area contributed by atoms with E-state index < -0.39 is 10.0 Å². The Morgan fingerprint density at radius 1 is 1.11 bits per heavy atom. The van der Waals surface area contributed by atoms with E-state index >= 15 is 0 Å². The fourth-order valence-electron chi connectivity index (χ4n) is 2.73. The molecule has 0 aromatic heterocycles. The summed E-state index contributed by atoms with van der Waals surface area (Å²) in [7, 11) is -1.79. The maximum absolute atomic E-state index is 11.7. The molecular formula is C20H27N3O2S2. The first-order valence-electron chi connectivity index (χ1n) is 8.83. The topological polar surface area (TPSA) is 61.4 Å². The molecule has 0 radical (unpaired) electrons. The minimum Gasteiger partial charge on any atom is -0.356 e. The number of hydrogen-bond acceptors (Lipinski definition) is 3. The number of sulfonamides is 1. The van der Waals surface area contributed by atoms with Gasteiger partial charge in [0.15, 0.2) is 5.11 Å². The lowest BCUT2D eigenvalue weighted by atomic mass is 9.97. The van der Waals surface area contributed by atoms with Crippen LogP contribution in [-0.4, -0.2) is 26.8 Å². The van der Waals surface area contributed by atoms with Gasteiger partial charge in [-0.2, -0.15) is 0 Å². The molecule has 27 heavy (non-hydrogen) atoms. The number of thiocarbonyl (C=S) groups is 1. The van der Waals surface area contributed by atoms with E-state index in [1.165, 1.54) is 23.2 Å². The number of benzene rings is 2. The average molecular weight is 406 g/mol. The standard InChI is InChI=1S/C20H27N3O2S2/c1-15(2)13-19(16-9-6-5-7-10-16)22-20(26)21-17-11-8-12-18(14-17)23(3)27(4,24)25/h5-12,14-15,19H,13H2,1-4H3,(H2,21,22,26)/t19-/m1/s1. The highest BCUT2D eigenvalue weighted by Gasteiger charge is 2.15. The van der Waals surface area contributed by atoms with Gasteiger partial charge in [0, 0.05) is 12.7 Å². The van der Waals surface area contributed by atoms with Gasteiger partial charge in [-0.1, -0.05) is 50.2 Å². The Labute approximate surface area is 167 Å². The number of anilines is 2. The van der Waals surface area contributed by atoms with Crippen LogP contribution in [0.25, 0.3) is 0 Å². The maximum atomic E-state index is 11.7. The summed E-state index contributed by atoms with van der Waals surface area (Å²) in [5.41, 5.74) is 2.49.